The van der Waals surface area contributed by atoms with Crippen LogP contribution < -0.4 is 4.74 Å². The van der Waals surface area contributed by atoms with Crippen LogP contribution in [0.25, 0.3) is 0 Å². The lowest BCUT2D eigenvalue weighted by molar-refractivity contribution is 0.0637. The summed E-state index contributed by atoms with van der Waals surface area (Å²) in [5.74, 6) is 0.826. The molecule has 2 aromatic rings. The average Bonchev–Trinajstić information content (AvgIpc) is 2.71. The molecule has 1 N–H and O–H groups in total. The molecule has 3 rings (SSSR count). The number of ether oxygens (including phenoxy) is 1. The highest BCUT2D eigenvalue weighted by atomic mass is 16.5. The van der Waals surface area contributed by atoms with Crippen LogP contribution in [0.1, 0.15) is 16.7 Å². The van der Waals surface area contributed by atoms with Crippen molar-refractivity contribution in [2.24, 2.45) is 0 Å². The maximum Gasteiger partial charge on any atom is 0.119 e. The van der Waals surface area contributed by atoms with E-state index < -0.39 is 6.10 Å². The van der Waals surface area contributed by atoms with Gasteiger partial charge in [-0.25, -0.2) is 0 Å². The van der Waals surface area contributed by atoms with Crippen LogP contribution in [0.15, 0.2) is 48.5 Å². The first-order chi connectivity index (χ1) is 14.0. The van der Waals surface area contributed by atoms with Gasteiger partial charge >= 0.3 is 0 Å². The Kier molecular flexibility index (Phi) is 8.07. The zero-order valence-corrected chi connectivity index (χ0v) is 18.1. The molecule has 1 atom stereocenters. The van der Waals surface area contributed by atoms with E-state index in [1.165, 1.54) is 16.7 Å². The van der Waals surface area contributed by atoms with Crippen molar-refractivity contribution in [2.75, 3.05) is 53.9 Å². The van der Waals surface area contributed by atoms with Gasteiger partial charge in [0.15, 0.2) is 0 Å². The first kappa shape index (κ1) is 21.8. The Morgan fingerprint density at radius 3 is 2.62 bits per heavy atom. The summed E-state index contributed by atoms with van der Waals surface area (Å²) in [6.07, 6.45) is 0.555. The van der Waals surface area contributed by atoms with E-state index >= 15 is 0 Å². The SMILES string of the molecule is CN(C)CCN(C)Cc1cccc(OC[C@H](O)CN2CCc3ccccc3C2)c1. The molecule has 0 unspecified atom stereocenters. The van der Waals surface area contributed by atoms with Gasteiger partial charge in [0.05, 0.1) is 0 Å². The molecule has 0 aliphatic carbocycles. The number of hydrogen-bond donors (Lipinski definition) is 1. The van der Waals surface area contributed by atoms with Crippen LogP contribution in [0.2, 0.25) is 0 Å². The molecule has 5 nitrogen and oxygen atoms in total. The van der Waals surface area contributed by atoms with Crippen molar-refractivity contribution in [3.05, 3.63) is 65.2 Å². The summed E-state index contributed by atoms with van der Waals surface area (Å²) >= 11 is 0. The van der Waals surface area contributed by atoms with Gasteiger partial charge in [-0.2, -0.15) is 0 Å². The molecule has 29 heavy (non-hydrogen) atoms. The summed E-state index contributed by atoms with van der Waals surface area (Å²) in [6.45, 7) is 5.81. The van der Waals surface area contributed by atoms with E-state index in [0.29, 0.717) is 13.2 Å². The highest BCUT2D eigenvalue weighted by Gasteiger charge is 2.18. The monoisotopic (exact) mass is 397 g/mol. The fourth-order valence-electron chi connectivity index (χ4n) is 3.75. The first-order valence-corrected chi connectivity index (χ1v) is 10.5. The van der Waals surface area contributed by atoms with Crippen LogP contribution in [0, 0.1) is 0 Å². The number of nitrogens with zero attached hydrogens (tertiary/aromatic N) is 3. The Bertz CT molecular complexity index is 765. The minimum Gasteiger partial charge on any atom is -0.491 e. The molecule has 0 radical (unpaired) electrons. The molecule has 2 aromatic carbocycles. The number of fused-ring (bicyclic) bond motifs is 1. The first-order valence-electron chi connectivity index (χ1n) is 10.5. The van der Waals surface area contributed by atoms with Crippen molar-refractivity contribution in [3.63, 3.8) is 0 Å². The van der Waals surface area contributed by atoms with Gasteiger partial charge in [0.2, 0.25) is 0 Å². The molecule has 1 heterocycles. The summed E-state index contributed by atoms with van der Waals surface area (Å²) in [5.41, 5.74) is 4.03. The topological polar surface area (TPSA) is 39.2 Å². The zero-order chi connectivity index (χ0) is 20.6. The van der Waals surface area contributed by atoms with E-state index in [1.54, 1.807) is 0 Å². The molecular formula is C24H35N3O2. The van der Waals surface area contributed by atoms with Gasteiger partial charge in [0.1, 0.15) is 18.5 Å². The highest BCUT2D eigenvalue weighted by molar-refractivity contribution is 5.29. The van der Waals surface area contributed by atoms with E-state index in [-0.39, 0.29) is 0 Å². The van der Waals surface area contributed by atoms with Crippen LogP contribution in [0.3, 0.4) is 0 Å². The largest absolute Gasteiger partial charge is 0.491 e. The quantitative estimate of drug-likeness (QED) is 0.667. The van der Waals surface area contributed by atoms with Gasteiger partial charge < -0.3 is 19.6 Å². The molecule has 158 valence electrons. The van der Waals surface area contributed by atoms with Crippen molar-refractivity contribution < 1.29 is 9.84 Å². The van der Waals surface area contributed by atoms with Crippen molar-refractivity contribution in [2.45, 2.75) is 25.6 Å². The molecular weight excluding hydrogens is 362 g/mol. The molecule has 0 spiro atoms. The standard InChI is InChI=1S/C24H35N3O2/c1-25(2)13-14-26(3)16-20-7-6-10-24(15-20)29-19-23(28)18-27-12-11-21-8-4-5-9-22(21)17-27/h4-10,15,23,28H,11-14,16-19H2,1-3H3/t23-/m1/s1. The molecule has 0 saturated heterocycles. The lowest BCUT2D eigenvalue weighted by atomic mass is 10.00. The highest BCUT2D eigenvalue weighted by Crippen LogP contribution is 2.19. The lowest BCUT2D eigenvalue weighted by Gasteiger charge is -2.30. The second kappa shape index (κ2) is 10.7. The number of β-amino-alcohol motifs (C(OH)–C–C–N with tert-alkyl or cyclic N) is 1. The van der Waals surface area contributed by atoms with Gasteiger partial charge in [-0.1, -0.05) is 36.4 Å². The van der Waals surface area contributed by atoms with Gasteiger partial charge in [0.25, 0.3) is 0 Å². The second-order valence-electron chi connectivity index (χ2n) is 8.41. The molecule has 0 amide bonds. The smallest absolute Gasteiger partial charge is 0.119 e. The summed E-state index contributed by atoms with van der Waals surface area (Å²) < 4.78 is 5.90. The molecule has 0 saturated carbocycles. The third kappa shape index (κ3) is 7.12. The van der Waals surface area contributed by atoms with Crippen LogP contribution in [0.5, 0.6) is 5.75 Å². The number of hydrogen-bond acceptors (Lipinski definition) is 5. The number of benzene rings is 2. The number of aliphatic hydroxyl groups is 1. The third-order valence-electron chi connectivity index (χ3n) is 5.40. The maximum absolute atomic E-state index is 10.5. The lowest BCUT2D eigenvalue weighted by Crippen LogP contribution is -2.38. The van der Waals surface area contributed by atoms with Crippen molar-refractivity contribution in [3.8, 4) is 5.75 Å². The molecule has 0 aromatic heterocycles. The van der Waals surface area contributed by atoms with Crippen LogP contribution in [-0.4, -0.2) is 79.8 Å². The minimum atomic E-state index is -0.494. The normalized spacial score (nSPS) is 15.5. The van der Waals surface area contributed by atoms with Gasteiger partial charge in [0, 0.05) is 39.3 Å². The molecule has 0 fully saturated rings. The van der Waals surface area contributed by atoms with E-state index in [1.807, 2.05) is 12.1 Å². The predicted octanol–water partition coefficient (Wildman–Crippen LogP) is 2.48. The average molecular weight is 398 g/mol. The van der Waals surface area contributed by atoms with Crippen molar-refractivity contribution in [1.82, 2.24) is 14.7 Å². The maximum atomic E-state index is 10.5. The predicted molar refractivity (Wildman–Crippen MR) is 118 cm³/mol. The van der Waals surface area contributed by atoms with Crippen molar-refractivity contribution in [1.29, 1.82) is 0 Å². The second-order valence-corrected chi connectivity index (χ2v) is 8.41. The van der Waals surface area contributed by atoms with Crippen molar-refractivity contribution >= 4 is 0 Å². The van der Waals surface area contributed by atoms with Gasteiger partial charge in [-0.3, -0.25) is 4.90 Å². The Morgan fingerprint density at radius 2 is 1.83 bits per heavy atom. The Hall–Kier alpha value is -1.92. The number of rotatable bonds is 10. The van der Waals surface area contributed by atoms with Gasteiger partial charge in [-0.15, -0.1) is 0 Å². The summed E-state index contributed by atoms with van der Waals surface area (Å²) in [6, 6.07) is 16.8. The van der Waals surface area contributed by atoms with E-state index in [0.717, 1.165) is 44.9 Å². The number of aliphatic hydroxyl groups excluding tert-OH is 1. The molecule has 5 heteroatoms. The fraction of sp³-hybridized carbons (Fsp3) is 0.500. The molecule has 1 aliphatic rings. The third-order valence-corrected chi connectivity index (χ3v) is 5.40. The van der Waals surface area contributed by atoms with Gasteiger partial charge in [-0.05, 0) is 56.4 Å². The molecule has 0 bridgehead atoms. The summed E-state index contributed by atoms with van der Waals surface area (Å²) in [7, 11) is 6.32. The molecule has 1 aliphatic heterocycles. The minimum absolute atomic E-state index is 0.318. The Labute approximate surface area is 175 Å². The van der Waals surface area contributed by atoms with Crippen LogP contribution in [0.4, 0.5) is 0 Å². The van der Waals surface area contributed by atoms with Crippen LogP contribution in [-0.2, 0) is 19.5 Å². The van der Waals surface area contributed by atoms with E-state index in [4.69, 9.17) is 4.74 Å². The number of likely N-dealkylation sites (N-methyl/N-ethyl adjacent to an activating group) is 2. The summed E-state index contributed by atoms with van der Waals surface area (Å²) in [5, 5.41) is 10.5. The Morgan fingerprint density at radius 1 is 1.03 bits per heavy atom. The summed E-state index contributed by atoms with van der Waals surface area (Å²) in [4.78, 5) is 6.81. The van der Waals surface area contributed by atoms with E-state index in [2.05, 4.69) is 72.2 Å². The Balaban J connectivity index is 1.44. The zero-order valence-electron chi connectivity index (χ0n) is 18.1. The fourth-order valence-corrected chi connectivity index (χ4v) is 3.75. The van der Waals surface area contributed by atoms with Crippen LogP contribution >= 0.6 is 0 Å². The van der Waals surface area contributed by atoms with E-state index in [9.17, 15) is 5.11 Å².